The van der Waals surface area contributed by atoms with E-state index in [1.807, 2.05) is 13.8 Å². The molecule has 7 rings (SSSR count). The lowest BCUT2D eigenvalue weighted by Crippen LogP contribution is -2.52. The summed E-state index contributed by atoms with van der Waals surface area (Å²) in [4.78, 5) is 21.7. The number of halogens is 3. The van der Waals surface area contributed by atoms with E-state index < -0.39 is 12.3 Å². The molecule has 2 saturated heterocycles. The summed E-state index contributed by atoms with van der Waals surface area (Å²) in [5.41, 5.74) is 2.35. The summed E-state index contributed by atoms with van der Waals surface area (Å²) < 4.78 is 57.1. The molecule has 1 aliphatic carbocycles. The van der Waals surface area contributed by atoms with Crippen molar-refractivity contribution in [2.45, 2.75) is 115 Å². The van der Waals surface area contributed by atoms with Crippen LogP contribution in [0.5, 0.6) is 11.5 Å². The number of alkyl halides is 3. The number of hydrogen-bond donors (Lipinski definition) is 1. The molecule has 2 aromatic carbocycles. The Hall–Kier alpha value is -3.84. The van der Waals surface area contributed by atoms with Crippen LogP contribution >= 0.6 is 11.3 Å². The van der Waals surface area contributed by atoms with Gasteiger partial charge in [0.15, 0.2) is 5.13 Å². The minimum Gasteiger partial charge on any atom is -0.489 e. The zero-order chi connectivity index (χ0) is 33.9. The van der Waals surface area contributed by atoms with E-state index in [2.05, 4.69) is 33.5 Å². The fraction of sp³-hybridized carbons (Fsp3) is 0.514. The number of fused-ring (bicyclic) bond motifs is 3. The average molecular weight is 685 g/mol. The number of hydrogen-bond acceptors (Lipinski definition) is 9. The van der Waals surface area contributed by atoms with Gasteiger partial charge < -0.3 is 24.0 Å². The maximum atomic E-state index is 13.3. The number of aromatic carboxylic acids is 1. The first-order valence-corrected chi connectivity index (χ1v) is 17.4. The fourth-order valence-electron chi connectivity index (χ4n) is 7.44. The summed E-state index contributed by atoms with van der Waals surface area (Å²) >= 11 is 1.51. The van der Waals surface area contributed by atoms with Crippen molar-refractivity contribution in [3.8, 4) is 22.8 Å². The highest BCUT2D eigenvalue weighted by atomic mass is 32.1. The van der Waals surface area contributed by atoms with Crippen LogP contribution in [0.2, 0.25) is 0 Å². The Morgan fingerprint density at radius 2 is 1.79 bits per heavy atom. The van der Waals surface area contributed by atoms with Crippen LogP contribution in [-0.2, 0) is 6.54 Å². The Morgan fingerprint density at radius 1 is 1.08 bits per heavy atom. The minimum absolute atomic E-state index is 0.131. The Bertz CT molecular complexity index is 1800. The molecular formula is C35H39F3N4O5S. The van der Waals surface area contributed by atoms with Crippen LogP contribution in [0.4, 0.5) is 18.3 Å². The third-order valence-corrected chi connectivity index (χ3v) is 10.6. The number of para-hydroxylation sites is 1. The van der Waals surface area contributed by atoms with E-state index in [0.717, 1.165) is 59.7 Å². The highest BCUT2D eigenvalue weighted by molar-refractivity contribution is 7.22. The summed E-state index contributed by atoms with van der Waals surface area (Å²) in [6.07, 6.45) is 0.800. The van der Waals surface area contributed by atoms with Crippen molar-refractivity contribution in [1.82, 2.24) is 15.0 Å². The van der Waals surface area contributed by atoms with Gasteiger partial charge in [-0.3, -0.25) is 4.90 Å². The van der Waals surface area contributed by atoms with Crippen molar-refractivity contribution < 1.29 is 37.1 Å². The van der Waals surface area contributed by atoms with E-state index >= 15 is 0 Å². The third kappa shape index (κ3) is 6.46. The van der Waals surface area contributed by atoms with Gasteiger partial charge in [0.1, 0.15) is 28.5 Å². The topological polar surface area (TPSA) is 101 Å². The van der Waals surface area contributed by atoms with Crippen molar-refractivity contribution in [3.63, 3.8) is 0 Å². The van der Waals surface area contributed by atoms with E-state index in [-0.39, 0.29) is 53.1 Å². The molecule has 2 aromatic heterocycles. The lowest BCUT2D eigenvalue weighted by Gasteiger charge is -2.44. The number of carbonyl (C=O) groups is 1. The van der Waals surface area contributed by atoms with Crippen molar-refractivity contribution in [2.24, 2.45) is 0 Å². The summed E-state index contributed by atoms with van der Waals surface area (Å²) in [5.74, 6) is 0.153. The Labute approximate surface area is 280 Å². The van der Waals surface area contributed by atoms with E-state index in [9.17, 15) is 23.1 Å². The standard InChI is InChI=1S/C35H39F3N4O5S/c1-18(2)41(17-26-30(40-47-32(26)20-9-10-20)25-7-5-6-8-27(25)46-35(36,37)38)24-15-22-11-12-23(16-24)42(22)34-39-31-28(45-19(3)4)13-21(33(43)44)14-29(31)48-34/h5-8,13-14,18-20,22-24H,9-12,15-17H2,1-4H3,(H,43,44). The number of anilines is 1. The van der Waals surface area contributed by atoms with Crippen LogP contribution in [0.15, 0.2) is 40.9 Å². The normalized spacial score (nSPS) is 21.2. The monoisotopic (exact) mass is 684 g/mol. The zero-order valence-electron chi connectivity index (χ0n) is 27.3. The maximum absolute atomic E-state index is 13.3. The van der Waals surface area contributed by atoms with E-state index in [4.69, 9.17) is 14.2 Å². The molecule has 4 aromatic rings. The van der Waals surface area contributed by atoms with Gasteiger partial charge in [-0.1, -0.05) is 28.6 Å². The molecule has 3 aliphatic rings. The van der Waals surface area contributed by atoms with Gasteiger partial charge in [0, 0.05) is 47.8 Å². The number of thiazole rings is 1. The second-order valence-corrected chi connectivity index (χ2v) is 14.7. The van der Waals surface area contributed by atoms with Crippen molar-refractivity contribution in [3.05, 3.63) is 53.3 Å². The quantitative estimate of drug-likeness (QED) is 0.166. The number of nitrogens with zero attached hydrogens (tertiary/aromatic N) is 4. The molecule has 48 heavy (non-hydrogen) atoms. The molecule has 0 spiro atoms. The van der Waals surface area contributed by atoms with Crippen molar-refractivity contribution in [2.75, 3.05) is 4.90 Å². The molecule has 1 N–H and O–H groups in total. The van der Waals surface area contributed by atoms with Crippen molar-refractivity contribution in [1.29, 1.82) is 0 Å². The predicted octanol–water partition coefficient (Wildman–Crippen LogP) is 8.62. The Kier molecular flexibility index (Phi) is 8.55. The zero-order valence-corrected chi connectivity index (χ0v) is 28.1. The molecule has 2 aliphatic heterocycles. The summed E-state index contributed by atoms with van der Waals surface area (Å²) in [5, 5.41) is 14.9. The molecule has 9 nitrogen and oxygen atoms in total. The molecule has 4 heterocycles. The number of benzene rings is 2. The third-order valence-electron chi connectivity index (χ3n) is 9.59. The highest BCUT2D eigenvalue weighted by Gasteiger charge is 2.45. The van der Waals surface area contributed by atoms with Crippen LogP contribution in [0.1, 0.15) is 93.8 Å². The molecular weight excluding hydrogens is 645 g/mol. The molecule has 2 unspecified atom stereocenters. The van der Waals surface area contributed by atoms with Crippen molar-refractivity contribution >= 4 is 32.7 Å². The maximum Gasteiger partial charge on any atom is 0.573 e. The van der Waals surface area contributed by atoms with Crippen LogP contribution < -0.4 is 14.4 Å². The second kappa shape index (κ2) is 12.6. The molecule has 0 amide bonds. The smallest absolute Gasteiger partial charge is 0.489 e. The highest BCUT2D eigenvalue weighted by Crippen LogP contribution is 2.48. The Balaban J connectivity index is 1.17. The predicted molar refractivity (Wildman–Crippen MR) is 176 cm³/mol. The van der Waals surface area contributed by atoms with Gasteiger partial charge in [-0.2, -0.15) is 0 Å². The van der Waals surface area contributed by atoms with E-state index in [1.54, 1.807) is 24.3 Å². The number of ether oxygens (including phenoxy) is 2. The van der Waals surface area contributed by atoms with Gasteiger partial charge in [0.2, 0.25) is 0 Å². The molecule has 3 fully saturated rings. The van der Waals surface area contributed by atoms with Gasteiger partial charge >= 0.3 is 12.3 Å². The first-order valence-electron chi connectivity index (χ1n) is 16.6. The summed E-state index contributed by atoms with van der Waals surface area (Å²) in [6.45, 7) is 8.62. The lowest BCUT2D eigenvalue weighted by molar-refractivity contribution is -0.274. The molecule has 0 radical (unpaired) electrons. The fourth-order valence-corrected chi connectivity index (χ4v) is 8.61. The number of carboxylic acid groups (broad SMARTS) is 1. The van der Waals surface area contributed by atoms with E-state index in [0.29, 0.717) is 23.5 Å². The van der Waals surface area contributed by atoms with Crippen LogP contribution in [0.3, 0.4) is 0 Å². The lowest BCUT2D eigenvalue weighted by atomic mass is 9.94. The van der Waals surface area contributed by atoms with Gasteiger partial charge in [-0.15, -0.1) is 13.2 Å². The molecule has 2 bridgehead atoms. The number of rotatable bonds is 11. The number of aromatic nitrogens is 2. The minimum atomic E-state index is -4.83. The van der Waals surface area contributed by atoms with Gasteiger partial charge in [-0.05, 0) is 90.5 Å². The Morgan fingerprint density at radius 3 is 2.42 bits per heavy atom. The average Bonchev–Trinajstić information content (AvgIpc) is 3.53. The van der Waals surface area contributed by atoms with Crippen LogP contribution in [0, 0.1) is 0 Å². The first kappa shape index (κ1) is 32.7. The first-order chi connectivity index (χ1) is 22.9. The van der Waals surface area contributed by atoms with Gasteiger partial charge in [0.05, 0.1) is 16.4 Å². The molecule has 256 valence electrons. The largest absolute Gasteiger partial charge is 0.573 e. The van der Waals surface area contributed by atoms with Crippen LogP contribution in [-0.4, -0.2) is 62.8 Å². The molecule has 2 atom stereocenters. The number of piperidine rings is 1. The summed E-state index contributed by atoms with van der Waals surface area (Å²) in [6, 6.07) is 10.2. The molecule has 1 saturated carbocycles. The second-order valence-electron chi connectivity index (χ2n) is 13.7. The SMILES string of the molecule is CC(C)Oc1cc(C(=O)O)cc2sc(N3C4CCC3CC(N(Cc3c(-c5ccccc5OC(F)(F)F)noc3C3CC3)C(C)C)C4)nc12. The van der Waals surface area contributed by atoms with Gasteiger partial charge in [0.25, 0.3) is 0 Å². The molecule has 13 heteroatoms. The van der Waals surface area contributed by atoms with E-state index in [1.165, 1.54) is 23.5 Å². The summed E-state index contributed by atoms with van der Waals surface area (Å²) in [7, 11) is 0. The van der Waals surface area contributed by atoms with Crippen LogP contribution in [0.25, 0.3) is 21.5 Å². The number of carboxylic acids is 1. The van der Waals surface area contributed by atoms with Gasteiger partial charge in [-0.25, -0.2) is 9.78 Å².